The number of rotatable bonds is 6. The van der Waals surface area contributed by atoms with Crippen molar-refractivity contribution in [1.29, 1.82) is 0 Å². The number of hydrogen-bond donors (Lipinski definition) is 3. The lowest BCUT2D eigenvalue weighted by molar-refractivity contribution is 0.481. The van der Waals surface area contributed by atoms with Gasteiger partial charge in [0.2, 0.25) is 0 Å². The van der Waals surface area contributed by atoms with Crippen molar-refractivity contribution in [2.45, 2.75) is 26.3 Å². The zero-order valence-electron chi connectivity index (χ0n) is 16.0. The van der Waals surface area contributed by atoms with Gasteiger partial charge in [-0.05, 0) is 47.0 Å². The third-order valence-electron chi connectivity index (χ3n) is 5.23. The summed E-state index contributed by atoms with van der Waals surface area (Å²) in [6, 6.07) is 17.6. The quantitative estimate of drug-likeness (QED) is 0.420. The van der Waals surface area contributed by atoms with Crippen LogP contribution in [-0.2, 0) is 6.54 Å². The Balaban J connectivity index is 1.89. The number of hydrogen-bond acceptors (Lipinski definition) is 3. The van der Waals surface area contributed by atoms with Crippen LogP contribution in [0.2, 0.25) is 0 Å². The highest BCUT2D eigenvalue weighted by Gasteiger charge is 2.14. The minimum absolute atomic E-state index is 0.119. The predicted molar refractivity (Wildman–Crippen MR) is 116 cm³/mol. The summed E-state index contributed by atoms with van der Waals surface area (Å²) in [6.45, 7) is 4.01. The highest BCUT2D eigenvalue weighted by Crippen LogP contribution is 2.37. The third-order valence-corrected chi connectivity index (χ3v) is 5.23. The molecule has 0 aliphatic heterocycles. The molecule has 4 rings (SSSR count). The van der Waals surface area contributed by atoms with E-state index in [1.54, 1.807) is 24.4 Å². The molecule has 4 nitrogen and oxygen atoms in total. The molecule has 0 unspecified atom stereocenters. The van der Waals surface area contributed by atoms with Crippen LogP contribution in [0, 0.1) is 0 Å². The van der Waals surface area contributed by atoms with Crippen molar-refractivity contribution in [3.8, 4) is 16.9 Å². The molecule has 0 aliphatic rings. The SMILES string of the molecule is CCCCNCc1ccc(-c2c[nH]c(=O)c3cccc(O)c23)c2ccccc12. The molecule has 0 radical (unpaired) electrons. The minimum atomic E-state index is -0.198. The molecule has 4 heteroatoms. The maximum atomic E-state index is 12.2. The molecule has 3 aromatic carbocycles. The number of phenols is 1. The zero-order chi connectivity index (χ0) is 19.5. The lowest BCUT2D eigenvalue weighted by Gasteiger charge is -2.14. The summed E-state index contributed by atoms with van der Waals surface area (Å²) in [5, 5.41) is 17.3. The number of benzene rings is 3. The average Bonchev–Trinajstić information content (AvgIpc) is 2.72. The Hall–Kier alpha value is -3.11. The summed E-state index contributed by atoms with van der Waals surface area (Å²) in [5.74, 6) is 0.119. The Bertz CT molecular complexity index is 1190. The van der Waals surface area contributed by atoms with Crippen LogP contribution in [0.25, 0.3) is 32.7 Å². The molecule has 0 atom stereocenters. The fraction of sp³-hybridized carbons (Fsp3) is 0.208. The first-order chi connectivity index (χ1) is 13.7. The van der Waals surface area contributed by atoms with Crippen molar-refractivity contribution < 1.29 is 5.11 Å². The molecule has 0 spiro atoms. The fourth-order valence-electron chi connectivity index (χ4n) is 3.79. The number of fused-ring (bicyclic) bond motifs is 2. The summed E-state index contributed by atoms with van der Waals surface area (Å²) < 4.78 is 0. The molecule has 4 aromatic rings. The molecular formula is C24H24N2O2. The Morgan fingerprint density at radius 2 is 1.71 bits per heavy atom. The van der Waals surface area contributed by atoms with Gasteiger partial charge >= 0.3 is 0 Å². The van der Waals surface area contributed by atoms with Gasteiger partial charge in [-0.1, -0.05) is 55.8 Å². The lowest BCUT2D eigenvalue weighted by Crippen LogP contribution is -2.14. The highest BCUT2D eigenvalue weighted by atomic mass is 16.3. The number of H-pyrrole nitrogens is 1. The summed E-state index contributed by atoms with van der Waals surface area (Å²) in [7, 11) is 0. The van der Waals surface area contributed by atoms with Gasteiger partial charge in [0.05, 0.1) is 5.39 Å². The number of nitrogens with one attached hydrogen (secondary N) is 2. The number of aromatic nitrogens is 1. The zero-order valence-corrected chi connectivity index (χ0v) is 16.0. The van der Waals surface area contributed by atoms with Crippen LogP contribution in [-0.4, -0.2) is 16.6 Å². The second kappa shape index (κ2) is 7.87. The van der Waals surface area contributed by atoms with Gasteiger partial charge in [0, 0.05) is 23.7 Å². The van der Waals surface area contributed by atoms with E-state index in [4.69, 9.17) is 0 Å². The van der Waals surface area contributed by atoms with E-state index in [1.165, 1.54) is 23.8 Å². The maximum Gasteiger partial charge on any atom is 0.255 e. The molecule has 0 bridgehead atoms. The second-order valence-corrected chi connectivity index (χ2v) is 7.08. The molecule has 28 heavy (non-hydrogen) atoms. The van der Waals surface area contributed by atoms with E-state index in [1.807, 2.05) is 12.1 Å². The second-order valence-electron chi connectivity index (χ2n) is 7.08. The first-order valence-corrected chi connectivity index (χ1v) is 9.75. The van der Waals surface area contributed by atoms with Crippen molar-refractivity contribution in [3.63, 3.8) is 0 Å². The highest BCUT2D eigenvalue weighted by molar-refractivity contribution is 6.07. The monoisotopic (exact) mass is 372 g/mol. The van der Waals surface area contributed by atoms with Crippen LogP contribution in [0.4, 0.5) is 0 Å². The van der Waals surface area contributed by atoms with Crippen LogP contribution in [0.15, 0.2) is 65.6 Å². The summed E-state index contributed by atoms with van der Waals surface area (Å²) in [6.07, 6.45) is 4.04. The van der Waals surface area contributed by atoms with Crippen molar-refractivity contribution in [2.75, 3.05) is 6.54 Å². The molecule has 3 N–H and O–H groups in total. The molecule has 0 amide bonds. The van der Waals surface area contributed by atoms with Gasteiger partial charge < -0.3 is 15.4 Å². The van der Waals surface area contributed by atoms with E-state index in [9.17, 15) is 9.90 Å². The van der Waals surface area contributed by atoms with Gasteiger partial charge in [-0.2, -0.15) is 0 Å². The van der Waals surface area contributed by atoms with Crippen molar-refractivity contribution in [2.24, 2.45) is 0 Å². The minimum Gasteiger partial charge on any atom is -0.507 e. The average molecular weight is 372 g/mol. The summed E-state index contributed by atoms with van der Waals surface area (Å²) >= 11 is 0. The number of phenolic OH excluding ortho intramolecular Hbond substituents is 1. The van der Waals surface area contributed by atoms with Gasteiger partial charge in [0.25, 0.3) is 5.56 Å². The molecule has 0 aliphatic carbocycles. The van der Waals surface area contributed by atoms with Gasteiger partial charge in [0.15, 0.2) is 0 Å². The first-order valence-electron chi connectivity index (χ1n) is 9.75. The van der Waals surface area contributed by atoms with Crippen LogP contribution in [0.3, 0.4) is 0 Å². The standard InChI is InChI=1S/C24H24N2O2/c1-2-3-13-25-14-16-11-12-19(18-8-5-4-7-17(16)18)21-15-26-24(28)20-9-6-10-22(27)23(20)21/h4-12,15,25,27H,2-3,13-14H2,1H3,(H,26,28). The number of aromatic hydroxyl groups is 1. The van der Waals surface area contributed by atoms with E-state index >= 15 is 0 Å². The Kier molecular flexibility index (Phi) is 5.13. The topological polar surface area (TPSA) is 65.1 Å². The summed E-state index contributed by atoms with van der Waals surface area (Å²) in [5.41, 5.74) is 2.87. The Morgan fingerprint density at radius 1 is 0.929 bits per heavy atom. The van der Waals surface area contributed by atoms with Crippen molar-refractivity contribution >= 4 is 21.5 Å². The van der Waals surface area contributed by atoms with Gasteiger partial charge in [-0.25, -0.2) is 0 Å². The molecule has 1 heterocycles. The predicted octanol–water partition coefficient (Wildman–Crippen LogP) is 4.94. The fourth-order valence-corrected chi connectivity index (χ4v) is 3.79. The van der Waals surface area contributed by atoms with Crippen LogP contribution in [0.5, 0.6) is 5.75 Å². The third kappa shape index (κ3) is 3.27. The molecule has 142 valence electrons. The van der Waals surface area contributed by atoms with Crippen LogP contribution in [0.1, 0.15) is 25.3 Å². The van der Waals surface area contributed by atoms with Gasteiger partial charge in [-0.15, -0.1) is 0 Å². The van der Waals surface area contributed by atoms with Crippen LogP contribution >= 0.6 is 0 Å². The number of pyridine rings is 1. The van der Waals surface area contributed by atoms with E-state index in [0.717, 1.165) is 29.6 Å². The van der Waals surface area contributed by atoms with Crippen LogP contribution < -0.4 is 10.9 Å². The van der Waals surface area contributed by atoms with Crippen molar-refractivity contribution in [1.82, 2.24) is 10.3 Å². The normalized spacial score (nSPS) is 11.3. The van der Waals surface area contributed by atoms with Crippen molar-refractivity contribution in [3.05, 3.63) is 76.7 Å². The number of aromatic amines is 1. The number of unbranched alkanes of at least 4 members (excludes halogenated alkanes) is 1. The lowest BCUT2D eigenvalue weighted by atomic mass is 9.93. The van der Waals surface area contributed by atoms with E-state index in [2.05, 4.69) is 41.5 Å². The largest absolute Gasteiger partial charge is 0.507 e. The van der Waals surface area contributed by atoms with E-state index in [0.29, 0.717) is 10.8 Å². The maximum absolute atomic E-state index is 12.2. The smallest absolute Gasteiger partial charge is 0.255 e. The Labute approximate surface area is 163 Å². The van der Waals surface area contributed by atoms with Gasteiger partial charge in [0.1, 0.15) is 5.75 Å². The summed E-state index contributed by atoms with van der Waals surface area (Å²) in [4.78, 5) is 15.0. The molecule has 1 aromatic heterocycles. The van der Waals surface area contributed by atoms with E-state index in [-0.39, 0.29) is 11.3 Å². The van der Waals surface area contributed by atoms with E-state index < -0.39 is 0 Å². The first kappa shape index (κ1) is 18.3. The molecular weight excluding hydrogens is 348 g/mol. The molecule has 0 saturated heterocycles. The van der Waals surface area contributed by atoms with Gasteiger partial charge in [-0.3, -0.25) is 4.79 Å². The molecule has 0 fully saturated rings. The Morgan fingerprint density at radius 3 is 2.54 bits per heavy atom. The molecule has 0 saturated carbocycles.